The van der Waals surface area contributed by atoms with Crippen molar-refractivity contribution in [1.82, 2.24) is 10.6 Å². The van der Waals surface area contributed by atoms with Gasteiger partial charge in [0.2, 0.25) is 7.85 Å². The summed E-state index contributed by atoms with van der Waals surface area (Å²) in [6, 6.07) is 0.648. The summed E-state index contributed by atoms with van der Waals surface area (Å²) in [5.41, 5.74) is 0. The molecule has 1 heterocycles. The number of allylic oxidation sites excluding steroid dienone is 1. The molecule has 0 spiro atoms. The molecule has 2 fully saturated rings. The van der Waals surface area contributed by atoms with Crippen LogP contribution < -0.4 is 10.6 Å². The van der Waals surface area contributed by atoms with E-state index in [1.807, 2.05) is 0 Å². The van der Waals surface area contributed by atoms with E-state index in [9.17, 15) is 9.59 Å². The van der Waals surface area contributed by atoms with E-state index in [0.29, 0.717) is 9.97 Å². The van der Waals surface area contributed by atoms with Crippen LogP contribution in [-0.4, -0.2) is 41.9 Å². The summed E-state index contributed by atoms with van der Waals surface area (Å²) in [5, 5.41) is 5.47. The summed E-state index contributed by atoms with van der Waals surface area (Å²) in [4.78, 5) is 21.2. The number of hydrogen-bond donors (Lipinski definition) is 2. The molecule has 1 aliphatic heterocycles. The average molecular weight is 402 g/mol. The van der Waals surface area contributed by atoms with Crippen LogP contribution in [-0.2, 0) is 4.74 Å². The van der Waals surface area contributed by atoms with E-state index >= 15 is 0 Å². The quantitative estimate of drug-likeness (QED) is 0.307. The molecule has 2 unspecified atom stereocenters. The van der Waals surface area contributed by atoms with Crippen molar-refractivity contribution in [3.63, 3.8) is 0 Å². The fourth-order valence-electron chi connectivity index (χ4n) is 2.81. The normalized spacial score (nSPS) is 33.9. The first kappa shape index (κ1) is 16.6. The predicted octanol–water partition coefficient (Wildman–Crippen LogP) is 2.42. The number of fused-ring (bicyclic) bond motifs is 2. The van der Waals surface area contributed by atoms with E-state index < -0.39 is 5.81 Å². The fourth-order valence-corrected chi connectivity index (χ4v) is 3.61. The molecule has 1 saturated heterocycles. The van der Waals surface area contributed by atoms with Crippen molar-refractivity contribution >= 4 is 42.3 Å². The molecule has 2 aliphatic carbocycles. The molecule has 21 heavy (non-hydrogen) atoms. The van der Waals surface area contributed by atoms with Crippen LogP contribution in [0.2, 0.25) is 0 Å². The number of amides is 2. The van der Waals surface area contributed by atoms with Gasteiger partial charge in [-0.2, -0.15) is 0 Å². The topological polar surface area (TPSA) is 67.4 Å². The highest BCUT2D eigenvalue weighted by Gasteiger charge is 2.36. The molecule has 2 radical (unpaired) electrons. The fraction of sp³-hybridized carbons (Fsp3) is 0.714. The number of rotatable bonds is 1. The molecule has 3 rings (SSSR count). The van der Waals surface area contributed by atoms with Crippen LogP contribution in [0.15, 0.2) is 12.2 Å². The maximum atomic E-state index is 10.9. The highest BCUT2D eigenvalue weighted by atomic mass is 127. The van der Waals surface area contributed by atoms with Gasteiger partial charge in [-0.15, -0.1) is 0 Å². The number of ether oxygens (including phenoxy) is 1. The van der Waals surface area contributed by atoms with E-state index in [0.717, 1.165) is 38.5 Å². The van der Waals surface area contributed by atoms with E-state index in [1.54, 1.807) is 0 Å². The van der Waals surface area contributed by atoms with Gasteiger partial charge in [-0.05, 0) is 32.1 Å². The Balaban J connectivity index is 0.000000155. The molecule has 7 heteroatoms. The molecular formula is C14H20BIN2O3. The van der Waals surface area contributed by atoms with Crippen LogP contribution in [0.25, 0.3) is 0 Å². The van der Waals surface area contributed by atoms with Crippen molar-refractivity contribution in [1.29, 1.82) is 0 Å². The van der Waals surface area contributed by atoms with Crippen molar-refractivity contribution in [2.75, 3.05) is 0 Å². The number of hydrogen-bond acceptors (Lipinski definition) is 3. The highest BCUT2D eigenvalue weighted by Crippen LogP contribution is 2.30. The second-order valence-corrected chi connectivity index (χ2v) is 7.20. The molecular weight excluding hydrogens is 382 g/mol. The van der Waals surface area contributed by atoms with E-state index in [-0.39, 0.29) is 18.2 Å². The molecule has 2 bridgehead atoms. The van der Waals surface area contributed by atoms with Gasteiger partial charge in [0.05, 0.1) is 0 Å². The predicted molar refractivity (Wildman–Crippen MR) is 89.9 cm³/mol. The Labute approximate surface area is 140 Å². The third-order valence-electron chi connectivity index (χ3n) is 3.91. The minimum Gasteiger partial charge on any atom is -0.445 e. The minimum atomic E-state index is -0.416. The zero-order valence-corrected chi connectivity index (χ0v) is 14.0. The van der Waals surface area contributed by atoms with Crippen LogP contribution >= 0.6 is 22.6 Å². The summed E-state index contributed by atoms with van der Waals surface area (Å²) >= 11 is 2.37. The highest BCUT2D eigenvalue weighted by molar-refractivity contribution is 14.1. The molecule has 5 nitrogen and oxygen atoms in total. The number of carbonyl (C=O) groups excluding carboxylic acids is 2. The first-order valence-corrected chi connectivity index (χ1v) is 8.61. The van der Waals surface area contributed by atoms with Crippen molar-refractivity contribution in [2.45, 2.75) is 60.6 Å². The van der Waals surface area contributed by atoms with Crippen LogP contribution in [0, 0.1) is 0 Å². The maximum absolute atomic E-state index is 10.9. The number of alkyl carbamates (subject to hydrolysis) is 1. The minimum absolute atomic E-state index is 0.170. The van der Waals surface area contributed by atoms with Gasteiger partial charge in [-0.3, -0.25) is 4.79 Å². The van der Waals surface area contributed by atoms with Crippen LogP contribution in [0.1, 0.15) is 38.5 Å². The first-order chi connectivity index (χ1) is 10.0. The smallest absolute Gasteiger partial charge is 0.407 e. The zero-order valence-electron chi connectivity index (χ0n) is 11.9. The SMILES string of the molecule is O=C1N[C@@H]2CCC(I)[C@@H](C2)O1.[B]C(=O)NC1CC=CCC1. The molecule has 1 saturated carbocycles. The van der Waals surface area contributed by atoms with Gasteiger partial charge in [0.25, 0.3) is 0 Å². The Morgan fingerprint density at radius 3 is 2.86 bits per heavy atom. The second kappa shape index (κ2) is 8.05. The van der Waals surface area contributed by atoms with Crippen molar-refractivity contribution < 1.29 is 14.3 Å². The molecule has 0 aromatic rings. The van der Waals surface area contributed by atoms with E-state index in [4.69, 9.17) is 12.6 Å². The average Bonchev–Trinajstić information content (AvgIpc) is 2.44. The van der Waals surface area contributed by atoms with Gasteiger partial charge in [0.1, 0.15) is 6.10 Å². The van der Waals surface area contributed by atoms with E-state index in [2.05, 4.69) is 45.4 Å². The maximum Gasteiger partial charge on any atom is 0.407 e. The summed E-state index contributed by atoms with van der Waals surface area (Å²) in [5.74, 6) is -0.416. The zero-order chi connectivity index (χ0) is 15.2. The number of alkyl halides is 1. The summed E-state index contributed by atoms with van der Waals surface area (Å²) in [6.07, 6.45) is 10.4. The summed E-state index contributed by atoms with van der Waals surface area (Å²) < 4.78 is 5.63. The van der Waals surface area contributed by atoms with Crippen LogP contribution in [0.3, 0.4) is 0 Å². The van der Waals surface area contributed by atoms with Crippen molar-refractivity contribution in [2.24, 2.45) is 0 Å². The first-order valence-electron chi connectivity index (χ1n) is 7.36. The lowest BCUT2D eigenvalue weighted by molar-refractivity contribution is 0.0424. The molecule has 0 aromatic heterocycles. The van der Waals surface area contributed by atoms with E-state index in [1.165, 1.54) is 0 Å². The van der Waals surface area contributed by atoms with Crippen molar-refractivity contribution in [3.8, 4) is 0 Å². The Bertz CT molecular complexity index is 419. The van der Waals surface area contributed by atoms with Gasteiger partial charge in [0, 0.05) is 22.4 Å². The molecule has 2 amide bonds. The van der Waals surface area contributed by atoms with Gasteiger partial charge >= 0.3 is 6.09 Å². The monoisotopic (exact) mass is 402 g/mol. The molecule has 0 aromatic carbocycles. The molecule has 2 N–H and O–H groups in total. The number of carbonyl (C=O) groups is 2. The Morgan fingerprint density at radius 2 is 2.19 bits per heavy atom. The third-order valence-corrected chi connectivity index (χ3v) is 5.33. The lowest BCUT2D eigenvalue weighted by Crippen LogP contribution is -2.51. The number of nitrogens with one attached hydrogen (secondary N) is 2. The van der Waals surface area contributed by atoms with Gasteiger partial charge in [0.15, 0.2) is 5.81 Å². The number of halogens is 1. The molecule has 3 aliphatic rings. The lowest BCUT2D eigenvalue weighted by Gasteiger charge is -2.37. The second-order valence-electron chi connectivity index (χ2n) is 5.60. The van der Waals surface area contributed by atoms with Crippen LogP contribution in [0.4, 0.5) is 9.59 Å². The summed E-state index contributed by atoms with van der Waals surface area (Å²) in [7, 11) is 4.95. The largest absolute Gasteiger partial charge is 0.445 e. The van der Waals surface area contributed by atoms with Crippen LogP contribution in [0.5, 0.6) is 0 Å². The standard InChI is InChI=1S/C7H10BNO.C7H10INO2/c8-7(10)9-6-4-2-1-3-5-6;8-5-2-1-4-3-6(5)11-7(10)9-4/h1-2,6H,3-5H2,(H,9,10);4-6H,1-3H2,(H,9,10)/t;4-,5?,6-/m.1/s1. The molecule has 114 valence electrons. The van der Waals surface area contributed by atoms with Gasteiger partial charge in [-0.1, -0.05) is 34.7 Å². The Kier molecular flexibility index (Phi) is 6.38. The van der Waals surface area contributed by atoms with Gasteiger partial charge < -0.3 is 15.4 Å². The van der Waals surface area contributed by atoms with Gasteiger partial charge in [-0.25, -0.2) is 4.79 Å². The summed E-state index contributed by atoms with van der Waals surface area (Å²) in [6.45, 7) is 0. The molecule has 4 atom stereocenters. The lowest BCUT2D eigenvalue weighted by atomic mass is 9.92. The Morgan fingerprint density at radius 1 is 1.38 bits per heavy atom. The Hall–Kier alpha value is -0.725. The third kappa shape index (κ3) is 5.52. The van der Waals surface area contributed by atoms with Crippen molar-refractivity contribution in [3.05, 3.63) is 12.2 Å².